The monoisotopic (exact) mass is 408 g/mol. The van der Waals surface area contributed by atoms with E-state index in [4.69, 9.17) is 11.6 Å². The summed E-state index contributed by atoms with van der Waals surface area (Å²) in [5.74, 6) is -0.157. The minimum absolute atomic E-state index is 0.157. The van der Waals surface area contributed by atoms with Crippen LogP contribution in [-0.4, -0.2) is 30.7 Å². The molecule has 0 saturated heterocycles. The molecular formula is C20H25ClN2O3S. The van der Waals surface area contributed by atoms with Gasteiger partial charge in [-0.3, -0.25) is 4.79 Å². The molecule has 2 rings (SSSR count). The van der Waals surface area contributed by atoms with Gasteiger partial charge in [-0.05, 0) is 62.7 Å². The Morgan fingerprint density at radius 1 is 1.04 bits per heavy atom. The molecule has 2 aromatic rings. The number of halogens is 1. The summed E-state index contributed by atoms with van der Waals surface area (Å²) in [5, 5.41) is 3.39. The number of nitrogens with zero attached hydrogens (tertiary/aromatic N) is 1. The molecule has 0 bridgehead atoms. The van der Waals surface area contributed by atoms with Gasteiger partial charge < -0.3 is 5.32 Å². The van der Waals surface area contributed by atoms with Crippen molar-refractivity contribution >= 4 is 27.5 Å². The maximum absolute atomic E-state index is 12.8. The zero-order valence-corrected chi connectivity index (χ0v) is 17.6. The van der Waals surface area contributed by atoms with Gasteiger partial charge in [0.05, 0.1) is 4.90 Å². The van der Waals surface area contributed by atoms with E-state index in [0.29, 0.717) is 17.1 Å². The maximum Gasteiger partial charge on any atom is 0.251 e. The molecule has 1 amide bonds. The third-order valence-electron chi connectivity index (χ3n) is 3.87. The standard InChI is InChI=1S/C20H25ClN2O3S/c1-5-23(27(25,26)18-12-10-17(21)11-13-18)14-15-6-8-16(9-7-15)19(24)22-20(2,3)4/h6-13H,5,14H2,1-4H3,(H,22,24). The number of nitrogens with one attached hydrogen (secondary N) is 1. The lowest BCUT2D eigenvalue weighted by Gasteiger charge is -2.22. The lowest BCUT2D eigenvalue weighted by atomic mass is 10.1. The molecule has 2 aromatic carbocycles. The second-order valence-corrected chi connectivity index (χ2v) is 9.66. The fraction of sp³-hybridized carbons (Fsp3) is 0.350. The van der Waals surface area contributed by atoms with Crippen molar-refractivity contribution in [1.29, 1.82) is 0 Å². The van der Waals surface area contributed by atoms with Crippen molar-refractivity contribution in [2.75, 3.05) is 6.54 Å². The first-order valence-electron chi connectivity index (χ1n) is 8.70. The van der Waals surface area contributed by atoms with E-state index in [0.717, 1.165) is 5.56 Å². The van der Waals surface area contributed by atoms with E-state index in [1.165, 1.54) is 16.4 Å². The fourth-order valence-electron chi connectivity index (χ4n) is 2.50. The Labute approximate surface area is 166 Å². The summed E-state index contributed by atoms with van der Waals surface area (Å²) in [6, 6.07) is 13.1. The normalized spacial score (nSPS) is 12.2. The molecule has 0 fully saturated rings. The predicted octanol–water partition coefficient (Wildman–Crippen LogP) is 4.08. The second kappa shape index (κ2) is 8.42. The molecule has 0 saturated carbocycles. The van der Waals surface area contributed by atoms with Crippen molar-refractivity contribution < 1.29 is 13.2 Å². The first-order chi connectivity index (χ1) is 12.5. The molecule has 146 valence electrons. The fourth-order valence-corrected chi connectivity index (χ4v) is 4.06. The van der Waals surface area contributed by atoms with Crippen LogP contribution in [0.4, 0.5) is 0 Å². The van der Waals surface area contributed by atoms with Gasteiger partial charge in [0.15, 0.2) is 0 Å². The Balaban J connectivity index is 2.16. The maximum atomic E-state index is 12.8. The zero-order valence-electron chi connectivity index (χ0n) is 16.0. The van der Waals surface area contributed by atoms with Gasteiger partial charge in [0.25, 0.3) is 5.91 Å². The van der Waals surface area contributed by atoms with Gasteiger partial charge in [0, 0.05) is 29.2 Å². The molecule has 0 spiro atoms. The predicted molar refractivity (Wildman–Crippen MR) is 108 cm³/mol. The number of rotatable bonds is 6. The van der Waals surface area contributed by atoms with E-state index in [1.54, 1.807) is 43.3 Å². The smallest absolute Gasteiger partial charge is 0.251 e. The largest absolute Gasteiger partial charge is 0.347 e. The number of sulfonamides is 1. The number of carbonyl (C=O) groups excluding carboxylic acids is 1. The van der Waals surface area contributed by atoms with Crippen molar-refractivity contribution in [3.05, 3.63) is 64.7 Å². The molecule has 0 aliphatic carbocycles. The molecule has 0 atom stereocenters. The van der Waals surface area contributed by atoms with Crippen LogP contribution in [-0.2, 0) is 16.6 Å². The minimum Gasteiger partial charge on any atom is -0.347 e. The van der Waals surface area contributed by atoms with E-state index in [1.807, 2.05) is 20.8 Å². The Morgan fingerprint density at radius 2 is 1.59 bits per heavy atom. The lowest BCUT2D eigenvalue weighted by molar-refractivity contribution is 0.0919. The quantitative estimate of drug-likeness (QED) is 0.783. The summed E-state index contributed by atoms with van der Waals surface area (Å²) in [7, 11) is -3.62. The number of amides is 1. The highest BCUT2D eigenvalue weighted by atomic mass is 35.5. The molecule has 27 heavy (non-hydrogen) atoms. The number of hydrogen-bond donors (Lipinski definition) is 1. The Bertz CT molecular complexity index is 886. The van der Waals surface area contributed by atoms with Gasteiger partial charge in [-0.15, -0.1) is 0 Å². The first kappa shape index (κ1) is 21.4. The topological polar surface area (TPSA) is 66.5 Å². The van der Waals surface area contributed by atoms with Crippen molar-refractivity contribution in [3.63, 3.8) is 0 Å². The van der Waals surface area contributed by atoms with Crippen LogP contribution in [0, 0.1) is 0 Å². The highest BCUT2D eigenvalue weighted by Crippen LogP contribution is 2.20. The Kier molecular flexibility index (Phi) is 6.68. The molecule has 0 unspecified atom stereocenters. The highest BCUT2D eigenvalue weighted by Gasteiger charge is 2.23. The molecule has 0 aliphatic rings. The van der Waals surface area contributed by atoms with Crippen LogP contribution in [0.25, 0.3) is 0 Å². The lowest BCUT2D eigenvalue weighted by Crippen LogP contribution is -2.40. The Morgan fingerprint density at radius 3 is 2.07 bits per heavy atom. The molecule has 0 radical (unpaired) electrons. The SMILES string of the molecule is CCN(Cc1ccc(C(=O)NC(C)(C)C)cc1)S(=O)(=O)c1ccc(Cl)cc1. The molecule has 7 heteroatoms. The van der Waals surface area contributed by atoms with Crippen LogP contribution in [0.5, 0.6) is 0 Å². The van der Waals surface area contributed by atoms with Gasteiger partial charge in [-0.25, -0.2) is 8.42 Å². The summed E-state index contributed by atoms with van der Waals surface area (Å²) in [6.07, 6.45) is 0. The molecule has 1 N–H and O–H groups in total. The van der Waals surface area contributed by atoms with E-state index in [-0.39, 0.29) is 22.9 Å². The number of benzene rings is 2. The first-order valence-corrected chi connectivity index (χ1v) is 10.5. The second-order valence-electron chi connectivity index (χ2n) is 7.29. The van der Waals surface area contributed by atoms with Gasteiger partial charge in [-0.1, -0.05) is 30.7 Å². The summed E-state index contributed by atoms with van der Waals surface area (Å²) in [4.78, 5) is 12.4. The zero-order chi connectivity index (χ0) is 20.2. The van der Waals surface area contributed by atoms with Crippen molar-refractivity contribution in [2.24, 2.45) is 0 Å². The number of hydrogen-bond acceptors (Lipinski definition) is 3. The number of carbonyl (C=O) groups is 1. The summed E-state index contributed by atoms with van der Waals surface area (Å²) >= 11 is 5.84. The molecule has 0 aliphatic heterocycles. The summed E-state index contributed by atoms with van der Waals surface area (Å²) in [5.41, 5.74) is 1.03. The van der Waals surface area contributed by atoms with Gasteiger partial charge in [0.1, 0.15) is 0 Å². The van der Waals surface area contributed by atoms with Crippen molar-refractivity contribution in [1.82, 2.24) is 9.62 Å². The van der Waals surface area contributed by atoms with E-state index >= 15 is 0 Å². The van der Waals surface area contributed by atoms with Crippen LogP contribution in [0.2, 0.25) is 5.02 Å². The molecular weight excluding hydrogens is 384 g/mol. The summed E-state index contributed by atoms with van der Waals surface area (Å²) < 4.78 is 27.0. The minimum atomic E-state index is -3.62. The van der Waals surface area contributed by atoms with Crippen LogP contribution in [0.15, 0.2) is 53.4 Å². The third kappa shape index (κ3) is 5.79. The molecule has 5 nitrogen and oxygen atoms in total. The van der Waals surface area contributed by atoms with Gasteiger partial charge in [0.2, 0.25) is 10.0 Å². The van der Waals surface area contributed by atoms with E-state index < -0.39 is 10.0 Å². The summed E-state index contributed by atoms with van der Waals surface area (Å²) in [6.45, 7) is 8.10. The molecule has 0 heterocycles. The van der Waals surface area contributed by atoms with Gasteiger partial charge >= 0.3 is 0 Å². The van der Waals surface area contributed by atoms with E-state index in [2.05, 4.69) is 5.32 Å². The molecule has 0 aromatic heterocycles. The van der Waals surface area contributed by atoms with Crippen molar-refractivity contribution in [2.45, 2.75) is 44.7 Å². The van der Waals surface area contributed by atoms with Crippen molar-refractivity contribution in [3.8, 4) is 0 Å². The van der Waals surface area contributed by atoms with Crippen LogP contribution in [0.1, 0.15) is 43.6 Å². The highest BCUT2D eigenvalue weighted by molar-refractivity contribution is 7.89. The van der Waals surface area contributed by atoms with Crippen LogP contribution >= 0.6 is 11.6 Å². The average molecular weight is 409 g/mol. The Hall–Kier alpha value is -1.89. The van der Waals surface area contributed by atoms with E-state index in [9.17, 15) is 13.2 Å². The third-order valence-corrected chi connectivity index (χ3v) is 6.05. The van der Waals surface area contributed by atoms with Crippen LogP contribution < -0.4 is 5.32 Å². The van der Waals surface area contributed by atoms with Crippen LogP contribution in [0.3, 0.4) is 0 Å². The van der Waals surface area contributed by atoms with Gasteiger partial charge in [-0.2, -0.15) is 4.31 Å². The average Bonchev–Trinajstić information content (AvgIpc) is 2.59.